The Balaban J connectivity index is 1.90. The van der Waals surface area contributed by atoms with Crippen molar-refractivity contribution in [3.63, 3.8) is 0 Å². The monoisotopic (exact) mass is 293 g/mol. The summed E-state index contributed by atoms with van der Waals surface area (Å²) in [5, 5.41) is 7.58. The minimum atomic E-state index is -0.0868. The quantitative estimate of drug-likeness (QED) is 0.789. The third kappa shape index (κ3) is 1.94. The molecule has 4 rings (SSSR count). The summed E-state index contributed by atoms with van der Waals surface area (Å²) in [6.07, 6.45) is 2.01. The van der Waals surface area contributed by atoms with Gasteiger partial charge in [0.15, 0.2) is 0 Å². The lowest BCUT2D eigenvalue weighted by Gasteiger charge is -2.22. The summed E-state index contributed by atoms with van der Waals surface area (Å²) >= 11 is 0. The van der Waals surface area contributed by atoms with Crippen LogP contribution in [-0.4, -0.2) is 15.7 Å². The zero-order valence-electron chi connectivity index (χ0n) is 12.1. The molecule has 0 aliphatic carbocycles. The number of anilines is 1. The van der Waals surface area contributed by atoms with E-state index in [1.807, 2.05) is 49.4 Å². The number of aromatic nitrogens is 2. The molecule has 5 heteroatoms. The minimum Gasteiger partial charge on any atom is -0.469 e. The molecule has 0 radical (unpaired) electrons. The first-order chi connectivity index (χ1) is 10.7. The van der Waals surface area contributed by atoms with Gasteiger partial charge in [-0.3, -0.25) is 4.79 Å². The molecule has 1 amide bonds. The first kappa shape index (κ1) is 12.9. The van der Waals surface area contributed by atoms with Crippen molar-refractivity contribution >= 4 is 11.7 Å². The summed E-state index contributed by atoms with van der Waals surface area (Å²) < 4.78 is 7.32. The van der Waals surface area contributed by atoms with E-state index in [4.69, 9.17) is 4.42 Å². The molecule has 1 aliphatic rings. The molecule has 1 aromatic carbocycles. The molecule has 0 bridgehead atoms. The van der Waals surface area contributed by atoms with Gasteiger partial charge < -0.3 is 9.73 Å². The van der Waals surface area contributed by atoms with Crippen LogP contribution in [0.1, 0.15) is 29.4 Å². The van der Waals surface area contributed by atoms with E-state index in [-0.39, 0.29) is 11.8 Å². The number of aryl methyl sites for hydroxylation is 1. The molecule has 3 aromatic rings. The first-order valence-corrected chi connectivity index (χ1v) is 7.22. The Morgan fingerprint density at radius 1 is 1.23 bits per heavy atom. The Morgan fingerprint density at radius 2 is 2.05 bits per heavy atom. The number of benzene rings is 1. The maximum absolute atomic E-state index is 12.1. The molecule has 0 spiro atoms. The van der Waals surface area contributed by atoms with Crippen molar-refractivity contribution in [3.05, 3.63) is 65.7 Å². The smallest absolute Gasteiger partial charge is 0.226 e. The Labute approximate surface area is 127 Å². The highest BCUT2D eigenvalue weighted by Crippen LogP contribution is 2.40. The lowest BCUT2D eigenvalue weighted by Crippen LogP contribution is -2.24. The van der Waals surface area contributed by atoms with E-state index in [0.29, 0.717) is 6.42 Å². The Hall–Kier alpha value is -2.82. The van der Waals surface area contributed by atoms with Crippen LogP contribution >= 0.6 is 0 Å². The third-order valence-corrected chi connectivity index (χ3v) is 3.99. The lowest BCUT2D eigenvalue weighted by molar-refractivity contribution is -0.116. The second kappa shape index (κ2) is 4.87. The number of furan rings is 1. The fourth-order valence-electron chi connectivity index (χ4n) is 3.04. The van der Waals surface area contributed by atoms with Crippen LogP contribution in [0.4, 0.5) is 5.82 Å². The van der Waals surface area contributed by atoms with Crippen molar-refractivity contribution in [2.24, 2.45) is 0 Å². The van der Waals surface area contributed by atoms with Gasteiger partial charge in [0.2, 0.25) is 5.91 Å². The molecule has 2 aromatic heterocycles. The van der Waals surface area contributed by atoms with E-state index in [1.165, 1.54) is 0 Å². The molecule has 1 atom stereocenters. The van der Waals surface area contributed by atoms with Crippen molar-refractivity contribution in [3.8, 4) is 5.69 Å². The van der Waals surface area contributed by atoms with Gasteiger partial charge in [-0.25, -0.2) is 4.68 Å². The van der Waals surface area contributed by atoms with E-state index in [9.17, 15) is 4.79 Å². The summed E-state index contributed by atoms with van der Waals surface area (Å²) in [5.41, 5.74) is 2.85. The van der Waals surface area contributed by atoms with Crippen molar-refractivity contribution in [1.29, 1.82) is 0 Å². The zero-order chi connectivity index (χ0) is 15.1. The van der Waals surface area contributed by atoms with Crippen LogP contribution in [0.15, 0.2) is 53.1 Å². The predicted octanol–water partition coefficient (Wildman–Crippen LogP) is 3.25. The fraction of sp³-hybridized carbons (Fsp3) is 0.176. The topological polar surface area (TPSA) is 60.1 Å². The van der Waals surface area contributed by atoms with Crippen LogP contribution in [0, 0.1) is 6.92 Å². The number of nitrogens with one attached hydrogen (secondary N) is 1. The molecule has 0 saturated carbocycles. The molecule has 1 N–H and O–H groups in total. The van der Waals surface area contributed by atoms with Crippen LogP contribution in [0.5, 0.6) is 0 Å². The van der Waals surface area contributed by atoms with E-state index in [0.717, 1.165) is 28.5 Å². The Kier molecular flexibility index (Phi) is 2.85. The summed E-state index contributed by atoms with van der Waals surface area (Å²) in [5.74, 6) is 1.43. The highest BCUT2D eigenvalue weighted by atomic mass is 16.3. The van der Waals surface area contributed by atoms with Gasteiger partial charge >= 0.3 is 0 Å². The maximum Gasteiger partial charge on any atom is 0.226 e. The standard InChI is InChI=1S/C17H15N3O2/c1-11-16-13(14-8-5-9-22-14)10-15(21)18-17(16)20(19-11)12-6-3-2-4-7-12/h2-9,13H,10H2,1H3,(H,18,21)/t13-/m1/s1. The largest absolute Gasteiger partial charge is 0.469 e. The number of para-hydroxylation sites is 1. The van der Waals surface area contributed by atoms with Gasteiger partial charge in [-0.05, 0) is 31.2 Å². The molecule has 3 heterocycles. The SMILES string of the molecule is Cc1nn(-c2ccccc2)c2c1[C@@H](c1ccco1)CC(=O)N2. The van der Waals surface area contributed by atoms with E-state index < -0.39 is 0 Å². The van der Waals surface area contributed by atoms with Gasteiger partial charge in [-0.1, -0.05) is 18.2 Å². The molecule has 5 nitrogen and oxygen atoms in total. The number of hydrogen-bond acceptors (Lipinski definition) is 3. The van der Waals surface area contributed by atoms with Crippen LogP contribution in [0.25, 0.3) is 5.69 Å². The minimum absolute atomic E-state index is 0.0222. The molecule has 22 heavy (non-hydrogen) atoms. The molecule has 0 saturated heterocycles. The second-order valence-corrected chi connectivity index (χ2v) is 5.42. The van der Waals surface area contributed by atoms with E-state index in [1.54, 1.807) is 10.9 Å². The number of nitrogens with zero attached hydrogens (tertiary/aromatic N) is 2. The van der Waals surface area contributed by atoms with Crippen LogP contribution in [0.2, 0.25) is 0 Å². The number of hydrogen-bond donors (Lipinski definition) is 1. The number of amides is 1. The summed E-state index contributed by atoms with van der Waals surface area (Å²) in [4.78, 5) is 12.1. The van der Waals surface area contributed by atoms with E-state index in [2.05, 4.69) is 10.4 Å². The average molecular weight is 293 g/mol. The molecule has 110 valence electrons. The number of rotatable bonds is 2. The van der Waals surface area contributed by atoms with Gasteiger partial charge in [0.05, 0.1) is 23.6 Å². The second-order valence-electron chi connectivity index (χ2n) is 5.42. The molecular formula is C17H15N3O2. The van der Waals surface area contributed by atoms with Gasteiger partial charge in [0, 0.05) is 12.0 Å². The fourth-order valence-corrected chi connectivity index (χ4v) is 3.04. The molecular weight excluding hydrogens is 278 g/mol. The van der Waals surface area contributed by atoms with Crippen molar-refractivity contribution in [2.75, 3.05) is 5.32 Å². The number of carbonyl (C=O) groups excluding carboxylic acids is 1. The maximum atomic E-state index is 12.1. The van der Waals surface area contributed by atoms with Crippen molar-refractivity contribution in [1.82, 2.24) is 9.78 Å². The molecule has 1 aliphatic heterocycles. The van der Waals surface area contributed by atoms with Crippen molar-refractivity contribution < 1.29 is 9.21 Å². The highest BCUT2D eigenvalue weighted by Gasteiger charge is 2.33. The number of fused-ring (bicyclic) bond motifs is 1. The average Bonchev–Trinajstić information content (AvgIpc) is 3.16. The van der Waals surface area contributed by atoms with Gasteiger partial charge in [-0.15, -0.1) is 0 Å². The molecule has 0 fully saturated rings. The Morgan fingerprint density at radius 3 is 2.77 bits per heavy atom. The molecule has 0 unspecified atom stereocenters. The first-order valence-electron chi connectivity index (χ1n) is 7.22. The van der Waals surface area contributed by atoms with Crippen LogP contribution in [-0.2, 0) is 4.79 Å². The van der Waals surface area contributed by atoms with Crippen molar-refractivity contribution in [2.45, 2.75) is 19.3 Å². The predicted molar refractivity (Wildman–Crippen MR) is 82.1 cm³/mol. The number of carbonyl (C=O) groups is 1. The zero-order valence-corrected chi connectivity index (χ0v) is 12.1. The van der Waals surface area contributed by atoms with Gasteiger partial charge in [0.1, 0.15) is 11.6 Å². The van der Waals surface area contributed by atoms with E-state index >= 15 is 0 Å². The summed E-state index contributed by atoms with van der Waals surface area (Å²) in [7, 11) is 0. The van der Waals surface area contributed by atoms with Gasteiger partial charge in [-0.2, -0.15) is 5.10 Å². The highest BCUT2D eigenvalue weighted by molar-refractivity contribution is 5.94. The lowest BCUT2D eigenvalue weighted by atomic mass is 9.90. The summed E-state index contributed by atoms with van der Waals surface area (Å²) in [6, 6.07) is 13.5. The van der Waals surface area contributed by atoms with Crippen LogP contribution < -0.4 is 5.32 Å². The Bertz CT molecular complexity index is 819. The normalized spacial score (nSPS) is 17.1. The summed E-state index contributed by atoms with van der Waals surface area (Å²) in [6.45, 7) is 1.96. The van der Waals surface area contributed by atoms with Crippen LogP contribution in [0.3, 0.4) is 0 Å². The third-order valence-electron chi connectivity index (χ3n) is 3.99. The van der Waals surface area contributed by atoms with Gasteiger partial charge in [0.25, 0.3) is 0 Å².